The first-order valence-corrected chi connectivity index (χ1v) is 7.79. The Hall–Kier alpha value is -1.70. The van der Waals surface area contributed by atoms with Crippen molar-refractivity contribution >= 4 is 11.4 Å². The number of hydrogen-bond acceptors (Lipinski definition) is 2. The third-order valence-electron chi connectivity index (χ3n) is 4.82. The van der Waals surface area contributed by atoms with Gasteiger partial charge in [0.2, 0.25) is 0 Å². The molecule has 0 aromatic heterocycles. The molecule has 0 radical (unpaired) electrons. The summed E-state index contributed by atoms with van der Waals surface area (Å²) in [5, 5.41) is 0. The van der Waals surface area contributed by atoms with Gasteiger partial charge in [-0.2, -0.15) is 0 Å². The highest BCUT2D eigenvalue weighted by molar-refractivity contribution is 5.70. The van der Waals surface area contributed by atoms with E-state index in [0.717, 1.165) is 12.8 Å². The minimum Gasteiger partial charge on any atom is -0.397 e. The van der Waals surface area contributed by atoms with Crippen LogP contribution in [0.4, 0.5) is 11.4 Å². The highest BCUT2D eigenvalue weighted by Crippen LogP contribution is 2.54. The van der Waals surface area contributed by atoms with Crippen LogP contribution in [-0.2, 0) is 10.8 Å². The van der Waals surface area contributed by atoms with Gasteiger partial charge in [-0.1, -0.05) is 45.9 Å². The van der Waals surface area contributed by atoms with Gasteiger partial charge in [0.05, 0.1) is 11.4 Å². The van der Waals surface area contributed by atoms with Gasteiger partial charge in [-0.15, -0.1) is 0 Å². The first kappa shape index (κ1) is 15.7. The Morgan fingerprint density at radius 1 is 1.14 bits per heavy atom. The van der Waals surface area contributed by atoms with Crippen molar-refractivity contribution in [2.24, 2.45) is 0 Å². The summed E-state index contributed by atoms with van der Waals surface area (Å²) in [5.41, 5.74) is 17.6. The van der Waals surface area contributed by atoms with E-state index in [1.54, 1.807) is 0 Å². The third-order valence-corrected chi connectivity index (χ3v) is 4.82. The normalized spacial score (nSPS) is 24.5. The van der Waals surface area contributed by atoms with Crippen LogP contribution in [0.2, 0.25) is 0 Å². The van der Waals surface area contributed by atoms with E-state index in [4.69, 9.17) is 11.5 Å². The number of rotatable bonds is 3. The largest absolute Gasteiger partial charge is 0.397 e. The molecule has 0 aliphatic heterocycles. The zero-order valence-electron chi connectivity index (χ0n) is 14.0. The topological polar surface area (TPSA) is 52.0 Å². The fraction of sp³-hybridized carbons (Fsp3) is 0.474. The molecule has 0 amide bonds. The summed E-state index contributed by atoms with van der Waals surface area (Å²) in [6.45, 7) is 11.2. The van der Waals surface area contributed by atoms with Crippen LogP contribution < -0.4 is 11.5 Å². The van der Waals surface area contributed by atoms with Gasteiger partial charge in [-0.25, -0.2) is 0 Å². The van der Waals surface area contributed by atoms with E-state index in [1.807, 2.05) is 0 Å². The van der Waals surface area contributed by atoms with Gasteiger partial charge in [0.15, 0.2) is 0 Å². The quantitative estimate of drug-likeness (QED) is 0.624. The standard InChI is InChI=1S/C19H28N2/c1-6-8-9-13(7-2)19(5)12-18(3,4)14-10-16(20)17(21)11-15(14)19/h7-11H,6,12,20-21H2,1-5H3/b9-8-,13-7+. The molecule has 4 N–H and O–H groups in total. The Morgan fingerprint density at radius 2 is 1.71 bits per heavy atom. The number of allylic oxidation sites excluding steroid dienone is 4. The van der Waals surface area contributed by atoms with Crippen LogP contribution in [-0.4, -0.2) is 0 Å². The van der Waals surface area contributed by atoms with Crippen molar-refractivity contribution in [3.63, 3.8) is 0 Å². The number of nitrogen functional groups attached to an aromatic ring is 2. The van der Waals surface area contributed by atoms with Gasteiger partial charge in [0.25, 0.3) is 0 Å². The van der Waals surface area contributed by atoms with Crippen LogP contribution in [0.1, 0.15) is 58.6 Å². The van der Waals surface area contributed by atoms with E-state index < -0.39 is 0 Å². The highest BCUT2D eigenvalue weighted by Gasteiger charge is 2.46. The van der Waals surface area contributed by atoms with Gasteiger partial charge < -0.3 is 11.5 Å². The summed E-state index contributed by atoms with van der Waals surface area (Å²) in [6, 6.07) is 4.16. The van der Waals surface area contributed by atoms with E-state index >= 15 is 0 Å². The molecule has 0 spiro atoms. The molecule has 21 heavy (non-hydrogen) atoms. The maximum atomic E-state index is 6.08. The fourth-order valence-electron chi connectivity index (χ4n) is 3.83. The number of benzene rings is 1. The van der Waals surface area contributed by atoms with Gasteiger partial charge in [-0.3, -0.25) is 0 Å². The predicted molar refractivity (Wildman–Crippen MR) is 93.4 cm³/mol. The Kier molecular flexibility index (Phi) is 3.92. The molecule has 2 heteroatoms. The second-order valence-electron chi connectivity index (χ2n) is 6.97. The SMILES string of the molecule is C/C=C(\C=C/CC)C1(C)CC(C)(C)c2cc(N)c(N)cc21. The molecule has 1 aliphatic rings. The maximum Gasteiger partial charge on any atom is 0.0551 e. The highest BCUT2D eigenvalue weighted by atomic mass is 14.7. The number of fused-ring (bicyclic) bond motifs is 1. The molecule has 1 aromatic carbocycles. The van der Waals surface area contributed by atoms with Gasteiger partial charge in [0, 0.05) is 5.41 Å². The molecular weight excluding hydrogens is 256 g/mol. The molecule has 1 unspecified atom stereocenters. The number of anilines is 2. The average molecular weight is 284 g/mol. The number of nitrogens with two attached hydrogens (primary N) is 2. The van der Waals surface area contributed by atoms with Crippen LogP contribution in [0, 0.1) is 0 Å². The second kappa shape index (κ2) is 5.25. The summed E-state index contributed by atoms with van der Waals surface area (Å²) in [5.74, 6) is 0. The summed E-state index contributed by atoms with van der Waals surface area (Å²) in [4.78, 5) is 0. The third kappa shape index (κ3) is 2.48. The van der Waals surface area contributed by atoms with E-state index in [0.29, 0.717) is 11.4 Å². The molecule has 0 saturated heterocycles. The Labute approximate surface area is 128 Å². The first-order chi connectivity index (χ1) is 9.76. The molecule has 114 valence electrons. The van der Waals surface area contributed by atoms with Crippen LogP contribution in [0.3, 0.4) is 0 Å². The lowest BCUT2D eigenvalue weighted by Gasteiger charge is -2.29. The first-order valence-electron chi connectivity index (χ1n) is 7.79. The van der Waals surface area contributed by atoms with Crippen LogP contribution in [0.25, 0.3) is 0 Å². The van der Waals surface area contributed by atoms with Crippen molar-refractivity contribution in [1.29, 1.82) is 0 Å². The van der Waals surface area contributed by atoms with E-state index in [1.165, 1.54) is 16.7 Å². The zero-order chi connectivity index (χ0) is 15.8. The zero-order valence-corrected chi connectivity index (χ0v) is 14.0. The summed E-state index contributed by atoms with van der Waals surface area (Å²) >= 11 is 0. The maximum absolute atomic E-state index is 6.08. The monoisotopic (exact) mass is 284 g/mol. The van der Waals surface area contributed by atoms with Crippen molar-refractivity contribution in [1.82, 2.24) is 0 Å². The smallest absolute Gasteiger partial charge is 0.0551 e. The lowest BCUT2D eigenvalue weighted by atomic mass is 9.74. The molecule has 1 aromatic rings. The van der Waals surface area contributed by atoms with Crippen LogP contribution in [0.5, 0.6) is 0 Å². The molecule has 0 saturated carbocycles. The van der Waals surface area contributed by atoms with E-state index in [-0.39, 0.29) is 10.8 Å². The van der Waals surface area contributed by atoms with Crippen molar-refractivity contribution in [3.8, 4) is 0 Å². The van der Waals surface area contributed by atoms with E-state index in [2.05, 4.69) is 65.0 Å². The fourth-order valence-corrected chi connectivity index (χ4v) is 3.83. The lowest BCUT2D eigenvalue weighted by Crippen LogP contribution is -2.24. The van der Waals surface area contributed by atoms with Crippen molar-refractivity contribution in [2.75, 3.05) is 11.5 Å². The Bertz CT molecular complexity index is 608. The lowest BCUT2D eigenvalue weighted by molar-refractivity contribution is 0.424. The molecule has 0 fully saturated rings. The number of hydrogen-bond donors (Lipinski definition) is 2. The van der Waals surface area contributed by atoms with Crippen molar-refractivity contribution < 1.29 is 0 Å². The predicted octanol–water partition coefficient (Wildman–Crippen LogP) is 4.70. The van der Waals surface area contributed by atoms with Gasteiger partial charge in [-0.05, 0) is 54.0 Å². The van der Waals surface area contributed by atoms with Crippen LogP contribution in [0.15, 0.2) is 35.9 Å². The molecular formula is C19H28N2. The second-order valence-corrected chi connectivity index (χ2v) is 6.97. The van der Waals surface area contributed by atoms with Crippen LogP contribution >= 0.6 is 0 Å². The summed E-state index contributed by atoms with van der Waals surface area (Å²) < 4.78 is 0. The molecule has 1 aliphatic carbocycles. The van der Waals surface area contributed by atoms with Crippen molar-refractivity contribution in [2.45, 2.75) is 58.3 Å². The molecule has 2 rings (SSSR count). The minimum atomic E-state index is 0.00106. The molecule has 0 bridgehead atoms. The summed E-state index contributed by atoms with van der Waals surface area (Å²) in [7, 11) is 0. The minimum absolute atomic E-state index is 0.00106. The van der Waals surface area contributed by atoms with Crippen molar-refractivity contribution in [3.05, 3.63) is 47.1 Å². The average Bonchev–Trinajstić information content (AvgIpc) is 2.59. The molecule has 2 nitrogen and oxygen atoms in total. The molecule has 0 heterocycles. The van der Waals surface area contributed by atoms with Gasteiger partial charge >= 0.3 is 0 Å². The molecule has 1 atom stereocenters. The van der Waals surface area contributed by atoms with Gasteiger partial charge in [0.1, 0.15) is 0 Å². The Balaban J connectivity index is 2.65. The summed E-state index contributed by atoms with van der Waals surface area (Å²) in [6.07, 6.45) is 8.84. The van der Waals surface area contributed by atoms with E-state index in [9.17, 15) is 0 Å². The Morgan fingerprint density at radius 3 is 2.24 bits per heavy atom.